The van der Waals surface area contributed by atoms with Gasteiger partial charge in [-0.2, -0.15) is 0 Å². The fourth-order valence-electron chi connectivity index (χ4n) is 1.76. The second-order valence-corrected chi connectivity index (χ2v) is 4.13. The molecule has 0 aliphatic heterocycles. The van der Waals surface area contributed by atoms with E-state index >= 15 is 0 Å². The maximum atomic E-state index is 12.7. The van der Waals surface area contributed by atoms with Crippen molar-refractivity contribution in [2.24, 2.45) is 5.73 Å². The molecule has 0 fully saturated rings. The van der Waals surface area contributed by atoms with Crippen LogP contribution in [-0.4, -0.2) is 5.78 Å². The van der Waals surface area contributed by atoms with Crippen LogP contribution in [0.3, 0.4) is 0 Å². The van der Waals surface area contributed by atoms with Gasteiger partial charge in [-0.25, -0.2) is 4.39 Å². The van der Waals surface area contributed by atoms with Gasteiger partial charge in [0.1, 0.15) is 5.82 Å². The highest BCUT2D eigenvalue weighted by Crippen LogP contribution is 2.10. The molecular formula is C15H15ClFNO. The van der Waals surface area contributed by atoms with Crippen molar-refractivity contribution in [3.63, 3.8) is 0 Å². The minimum atomic E-state index is -0.295. The number of ketones is 1. The molecule has 0 aliphatic rings. The summed E-state index contributed by atoms with van der Waals surface area (Å²) in [5.41, 5.74) is 7.91. The number of halogens is 2. The van der Waals surface area contributed by atoms with Gasteiger partial charge in [0, 0.05) is 18.5 Å². The van der Waals surface area contributed by atoms with Crippen molar-refractivity contribution in [3.05, 3.63) is 71.0 Å². The number of benzene rings is 2. The second-order valence-electron chi connectivity index (χ2n) is 4.13. The molecule has 0 heterocycles. The van der Waals surface area contributed by atoms with Gasteiger partial charge in [0.05, 0.1) is 0 Å². The fraction of sp³-hybridized carbons (Fsp3) is 0.133. The average Bonchev–Trinajstić information content (AvgIpc) is 2.41. The predicted molar refractivity (Wildman–Crippen MR) is 76.0 cm³/mol. The van der Waals surface area contributed by atoms with Crippen molar-refractivity contribution in [1.29, 1.82) is 0 Å². The summed E-state index contributed by atoms with van der Waals surface area (Å²) in [5.74, 6) is -0.284. The van der Waals surface area contributed by atoms with Gasteiger partial charge in [-0.15, -0.1) is 12.4 Å². The third kappa shape index (κ3) is 4.16. The number of carbonyl (C=O) groups is 1. The molecule has 2 aromatic rings. The van der Waals surface area contributed by atoms with Crippen LogP contribution in [0.5, 0.6) is 0 Å². The predicted octanol–water partition coefficient (Wildman–Crippen LogP) is 3.13. The zero-order chi connectivity index (χ0) is 13.0. The van der Waals surface area contributed by atoms with Crippen LogP contribution in [0.1, 0.15) is 21.5 Å². The Bertz CT molecular complexity index is 554. The Kier molecular flexibility index (Phi) is 5.67. The number of Topliss-reactive ketones (excluding diaryl/α,β-unsaturated/α-hetero) is 1. The molecule has 0 spiro atoms. The summed E-state index contributed by atoms with van der Waals surface area (Å²) < 4.78 is 12.7. The number of hydrogen-bond donors (Lipinski definition) is 1. The van der Waals surface area contributed by atoms with Crippen molar-refractivity contribution in [2.75, 3.05) is 0 Å². The maximum Gasteiger partial charge on any atom is 0.167 e. The molecule has 0 atom stereocenters. The third-order valence-electron chi connectivity index (χ3n) is 2.76. The van der Waals surface area contributed by atoms with Crippen molar-refractivity contribution in [3.8, 4) is 0 Å². The first-order chi connectivity index (χ1) is 8.69. The molecule has 0 saturated carbocycles. The van der Waals surface area contributed by atoms with Gasteiger partial charge in [0.15, 0.2) is 5.78 Å². The first-order valence-electron chi connectivity index (χ1n) is 5.75. The molecule has 19 heavy (non-hydrogen) atoms. The number of hydrogen-bond acceptors (Lipinski definition) is 2. The van der Waals surface area contributed by atoms with Crippen LogP contribution in [0.15, 0.2) is 48.5 Å². The molecule has 2 nitrogen and oxygen atoms in total. The lowest BCUT2D eigenvalue weighted by Gasteiger charge is -2.03. The van der Waals surface area contributed by atoms with Gasteiger partial charge in [0.2, 0.25) is 0 Å². The van der Waals surface area contributed by atoms with E-state index in [0.29, 0.717) is 12.1 Å². The van der Waals surface area contributed by atoms with Gasteiger partial charge in [-0.3, -0.25) is 4.79 Å². The number of carbonyl (C=O) groups excluding carboxylic acids is 1. The van der Waals surface area contributed by atoms with Crippen LogP contribution < -0.4 is 5.73 Å². The monoisotopic (exact) mass is 279 g/mol. The molecule has 0 bridgehead atoms. The van der Waals surface area contributed by atoms with Gasteiger partial charge in [-0.1, -0.05) is 30.3 Å². The fourth-order valence-corrected chi connectivity index (χ4v) is 1.76. The molecule has 0 radical (unpaired) electrons. The van der Waals surface area contributed by atoms with E-state index in [9.17, 15) is 9.18 Å². The molecule has 100 valence electrons. The van der Waals surface area contributed by atoms with Gasteiger partial charge in [-0.05, 0) is 29.3 Å². The summed E-state index contributed by atoms with van der Waals surface area (Å²) in [6.07, 6.45) is 0.272. The zero-order valence-electron chi connectivity index (χ0n) is 10.3. The SMILES string of the molecule is Cl.NCc1cccc(C(=O)Cc2ccc(F)cc2)c1. The van der Waals surface area contributed by atoms with E-state index in [1.165, 1.54) is 12.1 Å². The van der Waals surface area contributed by atoms with E-state index in [1.54, 1.807) is 24.3 Å². The molecule has 0 saturated heterocycles. The van der Waals surface area contributed by atoms with Crippen molar-refractivity contribution in [2.45, 2.75) is 13.0 Å². The molecule has 0 unspecified atom stereocenters. The van der Waals surface area contributed by atoms with E-state index < -0.39 is 0 Å². The van der Waals surface area contributed by atoms with Gasteiger partial charge < -0.3 is 5.73 Å². The topological polar surface area (TPSA) is 43.1 Å². The molecule has 2 aromatic carbocycles. The smallest absolute Gasteiger partial charge is 0.167 e. The standard InChI is InChI=1S/C15H14FNO.ClH/c16-14-6-4-11(5-7-14)9-15(18)13-3-1-2-12(8-13)10-17;/h1-8H,9-10,17H2;1H. The van der Waals surface area contributed by atoms with Crippen molar-refractivity contribution >= 4 is 18.2 Å². The summed E-state index contributed by atoms with van der Waals surface area (Å²) in [6.45, 7) is 0.414. The molecular weight excluding hydrogens is 265 g/mol. The Morgan fingerprint density at radius 2 is 1.74 bits per heavy atom. The first kappa shape index (κ1) is 15.3. The summed E-state index contributed by atoms with van der Waals surface area (Å²) in [5, 5.41) is 0. The summed E-state index contributed by atoms with van der Waals surface area (Å²) in [6, 6.07) is 13.2. The molecule has 0 amide bonds. The summed E-state index contributed by atoms with van der Waals surface area (Å²) in [4.78, 5) is 12.0. The van der Waals surface area contributed by atoms with E-state index in [2.05, 4.69) is 0 Å². The maximum absolute atomic E-state index is 12.7. The van der Waals surface area contributed by atoms with E-state index in [0.717, 1.165) is 11.1 Å². The van der Waals surface area contributed by atoms with Crippen molar-refractivity contribution < 1.29 is 9.18 Å². The van der Waals surface area contributed by atoms with Crippen LogP contribution in [-0.2, 0) is 13.0 Å². The molecule has 4 heteroatoms. The Balaban J connectivity index is 0.00000180. The lowest BCUT2D eigenvalue weighted by atomic mass is 10.0. The Morgan fingerprint density at radius 1 is 1.05 bits per heavy atom. The quantitative estimate of drug-likeness (QED) is 0.874. The normalized spacial score (nSPS) is 9.79. The van der Waals surface area contributed by atoms with E-state index in [-0.39, 0.29) is 30.4 Å². The summed E-state index contributed by atoms with van der Waals surface area (Å²) >= 11 is 0. The number of nitrogens with two attached hydrogens (primary N) is 1. The molecule has 0 aliphatic carbocycles. The first-order valence-corrected chi connectivity index (χ1v) is 5.75. The van der Waals surface area contributed by atoms with Crippen LogP contribution in [0.4, 0.5) is 4.39 Å². The van der Waals surface area contributed by atoms with E-state index in [1.807, 2.05) is 12.1 Å². The Hall–Kier alpha value is -1.71. The number of rotatable bonds is 4. The van der Waals surface area contributed by atoms with Crippen LogP contribution in [0, 0.1) is 5.82 Å². The average molecular weight is 280 g/mol. The highest BCUT2D eigenvalue weighted by atomic mass is 35.5. The van der Waals surface area contributed by atoms with Gasteiger partial charge in [0.25, 0.3) is 0 Å². The minimum Gasteiger partial charge on any atom is -0.326 e. The largest absolute Gasteiger partial charge is 0.326 e. The molecule has 0 aromatic heterocycles. The van der Waals surface area contributed by atoms with Crippen LogP contribution >= 0.6 is 12.4 Å². The van der Waals surface area contributed by atoms with Crippen LogP contribution in [0.25, 0.3) is 0 Å². The lowest BCUT2D eigenvalue weighted by Crippen LogP contribution is -2.05. The lowest BCUT2D eigenvalue weighted by molar-refractivity contribution is 0.0993. The Morgan fingerprint density at radius 3 is 2.37 bits per heavy atom. The second kappa shape index (κ2) is 7.02. The highest BCUT2D eigenvalue weighted by molar-refractivity contribution is 5.97. The highest BCUT2D eigenvalue weighted by Gasteiger charge is 2.07. The van der Waals surface area contributed by atoms with Crippen molar-refractivity contribution in [1.82, 2.24) is 0 Å². The molecule has 2 rings (SSSR count). The van der Waals surface area contributed by atoms with Crippen LogP contribution in [0.2, 0.25) is 0 Å². The minimum absolute atomic E-state index is 0. The summed E-state index contributed by atoms with van der Waals surface area (Å²) in [7, 11) is 0. The Labute approximate surface area is 117 Å². The van der Waals surface area contributed by atoms with E-state index in [4.69, 9.17) is 5.73 Å². The zero-order valence-corrected chi connectivity index (χ0v) is 11.1. The third-order valence-corrected chi connectivity index (χ3v) is 2.76. The molecule has 2 N–H and O–H groups in total. The van der Waals surface area contributed by atoms with Gasteiger partial charge >= 0.3 is 0 Å².